The molecule has 0 spiro atoms. The van der Waals surface area contributed by atoms with Gasteiger partial charge in [0.25, 0.3) is 23.6 Å². The molecule has 7 heterocycles. The molecule has 6 amide bonds. The van der Waals surface area contributed by atoms with Gasteiger partial charge in [0.2, 0.25) is 11.8 Å². The van der Waals surface area contributed by atoms with E-state index in [2.05, 4.69) is 48.8 Å². The maximum Gasteiger partial charge on any atom is 0.264 e. The van der Waals surface area contributed by atoms with Crippen LogP contribution in [0.3, 0.4) is 0 Å². The van der Waals surface area contributed by atoms with Crippen molar-refractivity contribution in [2.24, 2.45) is 5.92 Å². The standard InChI is InChI=1S/C54H51N9O6/c1-35-13-20-45(50(65)57-35)63-53(68)42-10-7-11-44(48(42)54(63)69)60-24-21-37(22-25-60)31-47(64)61-28-26-59(27-29-61)34-41-19-17-38(32-56-41)15-14-36-16-18-40-33-62(52(67)43(40)30-36)49(39-8-3-2-4-9-39)51(66)58-46-12-5-6-23-55-46/h2-12,16-19,23,30,32,37,45,49H,1,13,20-22,24-29,31,33-34H2,(H,57,65)(H,55,58,66). The summed E-state index contributed by atoms with van der Waals surface area (Å²) in [7, 11) is 0. The van der Waals surface area contributed by atoms with E-state index >= 15 is 0 Å². The summed E-state index contributed by atoms with van der Waals surface area (Å²) in [5, 5.41) is 5.56. The molecule has 0 aliphatic carbocycles. The molecule has 3 saturated heterocycles. The van der Waals surface area contributed by atoms with Crippen LogP contribution in [-0.4, -0.2) is 110 Å². The fourth-order valence-electron chi connectivity index (χ4n) is 10.1. The van der Waals surface area contributed by atoms with Gasteiger partial charge >= 0.3 is 0 Å². The molecule has 2 atom stereocenters. The first-order chi connectivity index (χ1) is 33.6. The molecule has 0 saturated carbocycles. The van der Waals surface area contributed by atoms with E-state index in [0.717, 1.165) is 47.7 Å². The quantitative estimate of drug-likeness (QED) is 0.134. The number of carbonyl (C=O) groups is 6. The minimum atomic E-state index is -0.860. The number of anilines is 2. The summed E-state index contributed by atoms with van der Waals surface area (Å²) >= 11 is 0. The Morgan fingerprint density at radius 1 is 0.768 bits per heavy atom. The van der Waals surface area contributed by atoms with Crippen molar-refractivity contribution in [3.63, 3.8) is 0 Å². The number of imide groups is 1. The van der Waals surface area contributed by atoms with E-state index in [1.807, 2.05) is 65.6 Å². The molecule has 2 aromatic heterocycles. The number of hydrogen-bond acceptors (Lipinski definition) is 10. The number of carbonyl (C=O) groups excluding carboxylic acids is 6. The third-order valence-corrected chi connectivity index (χ3v) is 13.8. The lowest BCUT2D eigenvalue weighted by Crippen LogP contribution is -2.51. The lowest BCUT2D eigenvalue weighted by Gasteiger charge is -2.37. The zero-order valence-electron chi connectivity index (χ0n) is 38.1. The van der Waals surface area contributed by atoms with Gasteiger partial charge < -0.3 is 25.3 Å². The van der Waals surface area contributed by atoms with Gasteiger partial charge in [-0.1, -0.05) is 67.0 Å². The Bertz CT molecular complexity index is 2920. The van der Waals surface area contributed by atoms with E-state index in [1.165, 1.54) is 0 Å². The highest BCUT2D eigenvalue weighted by atomic mass is 16.2. The lowest BCUT2D eigenvalue weighted by molar-refractivity contribution is -0.134. The van der Waals surface area contributed by atoms with Crippen molar-refractivity contribution in [1.29, 1.82) is 0 Å². The fourth-order valence-corrected chi connectivity index (χ4v) is 10.1. The van der Waals surface area contributed by atoms with E-state index in [9.17, 15) is 28.8 Å². The summed E-state index contributed by atoms with van der Waals surface area (Å²) in [6.07, 6.45) is 6.26. The third-order valence-electron chi connectivity index (χ3n) is 13.8. The van der Waals surface area contributed by atoms with Crippen molar-refractivity contribution < 1.29 is 28.8 Å². The number of pyridine rings is 2. The second kappa shape index (κ2) is 19.3. The van der Waals surface area contributed by atoms with Crippen molar-refractivity contribution in [2.45, 2.75) is 57.3 Å². The van der Waals surface area contributed by atoms with Gasteiger partial charge in [-0.05, 0) is 91.3 Å². The minimum absolute atomic E-state index is 0.157. The maximum atomic E-state index is 13.9. The van der Waals surface area contributed by atoms with Crippen molar-refractivity contribution >= 4 is 46.9 Å². The van der Waals surface area contributed by atoms with Crippen LogP contribution < -0.4 is 15.5 Å². The molecule has 10 rings (SSSR count). The molecule has 348 valence electrons. The summed E-state index contributed by atoms with van der Waals surface area (Å²) < 4.78 is 0. The Morgan fingerprint density at radius 2 is 1.54 bits per heavy atom. The van der Waals surface area contributed by atoms with Crippen LogP contribution in [0.2, 0.25) is 0 Å². The highest BCUT2D eigenvalue weighted by Crippen LogP contribution is 2.37. The highest BCUT2D eigenvalue weighted by molar-refractivity contribution is 6.25. The normalized spacial score (nSPS) is 18.9. The average molecular weight is 922 g/mol. The van der Waals surface area contributed by atoms with Crippen molar-refractivity contribution in [3.05, 3.63) is 166 Å². The van der Waals surface area contributed by atoms with Gasteiger partial charge in [-0.25, -0.2) is 4.98 Å². The Balaban J connectivity index is 0.689. The summed E-state index contributed by atoms with van der Waals surface area (Å²) in [4.78, 5) is 98.9. The molecule has 5 aliphatic heterocycles. The van der Waals surface area contributed by atoms with Crippen LogP contribution in [0.25, 0.3) is 0 Å². The van der Waals surface area contributed by atoms with Crippen LogP contribution in [0, 0.1) is 17.8 Å². The molecular formula is C54H51N9O6. The summed E-state index contributed by atoms with van der Waals surface area (Å²) in [6.45, 7) is 8.83. The number of fused-ring (bicyclic) bond motifs is 2. The lowest BCUT2D eigenvalue weighted by atomic mass is 9.92. The van der Waals surface area contributed by atoms with Crippen molar-refractivity contribution in [3.8, 4) is 11.8 Å². The van der Waals surface area contributed by atoms with Crippen LogP contribution in [0.1, 0.15) is 97.2 Å². The number of rotatable bonds is 10. The molecule has 3 aromatic carbocycles. The van der Waals surface area contributed by atoms with Crippen LogP contribution in [0.4, 0.5) is 11.5 Å². The average Bonchev–Trinajstić information content (AvgIpc) is 3.82. The van der Waals surface area contributed by atoms with Gasteiger partial charge in [-0.15, -0.1) is 0 Å². The molecule has 69 heavy (non-hydrogen) atoms. The second-order valence-electron chi connectivity index (χ2n) is 18.2. The smallest absolute Gasteiger partial charge is 0.264 e. The van der Waals surface area contributed by atoms with Gasteiger partial charge in [-0.2, -0.15) is 0 Å². The largest absolute Gasteiger partial charge is 0.371 e. The van der Waals surface area contributed by atoms with Crippen LogP contribution >= 0.6 is 0 Å². The van der Waals surface area contributed by atoms with Gasteiger partial charge in [-0.3, -0.25) is 43.6 Å². The molecule has 2 N–H and O–H groups in total. The molecule has 15 heteroatoms. The highest BCUT2D eigenvalue weighted by Gasteiger charge is 2.46. The number of nitrogens with one attached hydrogen (secondary N) is 2. The first kappa shape index (κ1) is 44.9. The van der Waals surface area contributed by atoms with E-state index < -0.39 is 23.9 Å². The number of piperidine rings is 2. The Kier molecular flexibility index (Phi) is 12.6. The van der Waals surface area contributed by atoms with Crippen molar-refractivity contribution in [1.82, 2.24) is 34.9 Å². The Labute approximate surface area is 400 Å². The van der Waals surface area contributed by atoms with Gasteiger partial charge in [0.05, 0.1) is 22.5 Å². The predicted octanol–water partition coefficient (Wildman–Crippen LogP) is 5.55. The van der Waals surface area contributed by atoms with Crippen LogP contribution in [-0.2, 0) is 27.5 Å². The molecule has 0 radical (unpaired) electrons. The van der Waals surface area contributed by atoms with Crippen LogP contribution in [0.5, 0.6) is 0 Å². The first-order valence-corrected chi connectivity index (χ1v) is 23.5. The number of aromatic nitrogens is 2. The number of benzene rings is 3. The van der Waals surface area contributed by atoms with Gasteiger partial charge in [0.1, 0.15) is 17.9 Å². The number of allylic oxidation sites excluding steroid dienone is 1. The number of nitrogens with zero attached hydrogens (tertiary/aromatic N) is 7. The van der Waals surface area contributed by atoms with Crippen molar-refractivity contribution in [2.75, 3.05) is 49.5 Å². The Hall–Kier alpha value is -7.96. The molecule has 2 unspecified atom stereocenters. The zero-order valence-corrected chi connectivity index (χ0v) is 38.1. The molecule has 5 aromatic rings. The molecule has 5 aliphatic rings. The monoisotopic (exact) mass is 921 g/mol. The summed E-state index contributed by atoms with van der Waals surface area (Å²) in [6, 6.07) is 27.6. The van der Waals surface area contributed by atoms with Crippen LogP contribution in [0.15, 0.2) is 122 Å². The third kappa shape index (κ3) is 9.35. The minimum Gasteiger partial charge on any atom is -0.371 e. The second-order valence-corrected chi connectivity index (χ2v) is 18.2. The van der Waals surface area contributed by atoms with E-state index in [-0.39, 0.29) is 36.1 Å². The molecular weight excluding hydrogens is 871 g/mol. The Morgan fingerprint density at radius 3 is 2.28 bits per heavy atom. The van der Waals surface area contributed by atoms with Gasteiger partial charge in [0, 0.05) is 93.6 Å². The predicted molar refractivity (Wildman–Crippen MR) is 257 cm³/mol. The fraction of sp³-hybridized carbons (Fsp3) is 0.296. The SMILES string of the molecule is C=C1CCC(N2C(=O)c3cccc(N4CCC(CC(=O)N5CCN(Cc6ccc(C#Cc7ccc8c(c7)C(=O)N(C(C(=O)Nc7ccccn7)c7ccccc7)C8)cn6)CC5)CC4)c3C2=O)C(=O)N1. The van der Waals surface area contributed by atoms with E-state index in [0.29, 0.717) is 97.0 Å². The molecule has 0 bridgehead atoms. The molecule has 15 nitrogen and oxygen atoms in total. The molecule has 3 fully saturated rings. The summed E-state index contributed by atoms with van der Waals surface area (Å²) in [5.74, 6) is 5.30. The maximum absolute atomic E-state index is 13.9. The van der Waals surface area contributed by atoms with E-state index in [4.69, 9.17) is 0 Å². The number of piperazine rings is 1. The van der Waals surface area contributed by atoms with Gasteiger partial charge in [0.15, 0.2) is 0 Å². The number of hydrogen-bond donors (Lipinski definition) is 2. The number of amides is 6. The summed E-state index contributed by atoms with van der Waals surface area (Å²) in [5.41, 5.74) is 6.34. The first-order valence-electron chi connectivity index (χ1n) is 23.5. The topological polar surface area (TPSA) is 168 Å². The van der Waals surface area contributed by atoms with E-state index in [1.54, 1.807) is 53.7 Å². The zero-order chi connectivity index (χ0) is 47.6.